The molecule has 3 rings (SSSR count). The van der Waals surface area contributed by atoms with Crippen LogP contribution in [0.4, 0.5) is 5.69 Å². The SMILES string of the molecule is Cc1cccc(C(=O)OCc2nc(-c3cccc(Br)c3)no2)c1[N+](=O)[O-]. The van der Waals surface area contributed by atoms with Crippen LogP contribution in [-0.2, 0) is 11.3 Å². The Labute approximate surface area is 156 Å². The van der Waals surface area contributed by atoms with E-state index < -0.39 is 10.9 Å². The zero-order chi connectivity index (χ0) is 18.7. The first-order chi connectivity index (χ1) is 12.5. The minimum Gasteiger partial charge on any atom is -0.452 e. The van der Waals surface area contributed by atoms with Gasteiger partial charge in [-0.15, -0.1) is 0 Å². The summed E-state index contributed by atoms with van der Waals surface area (Å²) in [5.74, 6) is -0.398. The predicted octanol–water partition coefficient (Wildman–Crippen LogP) is 4.07. The first-order valence-electron chi connectivity index (χ1n) is 7.45. The van der Waals surface area contributed by atoms with Crippen molar-refractivity contribution in [3.8, 4) is 11.4 Å². The highest BCUT2D eigenvalue weighted by atomic mass is 79.9. The normalized spacial score (nSPS) is 10.5. The van der Waals surface area contributed by atoms with Gasteiger partial charge in [0.2, 0.25) is 5.82 Å². The lowest BCUT2D eigenvalue weighted by Gasteiger charge is -2.04. The lowest BCUT2D eigenvalue weighted by molar-refractivity contribution is -0.385. The van der Waals surface area contributed by atoms with Crippen molar-refractivity contribution < 1.29 is 19.0 Å². The summed E-state index contributed by atoms with van der Waals surface area (Å²) in [6, 6.07) is 11.8. The van der Waals surface area contributed by atoms with Crippen LogP contribution in [0, 0.1) is 17.0 Å². The fraction of sp³-hybridized carbons (Fsp3) is 0.118. The van der Waals surface area contributed by atoms with Gasteiger partial charge in [0.25, 0.3) is 11.6 Å². The molecule has 0 N–H and O–H groups in total. The molecule has 1 aromatic heterocycles. The summed E-state index contributed by atoms with van der Waals surface area (Å²) >= 11 is 3.36. The second kappa shape index (κ2) is 7.44. The van der Waals surface area contributed by atoms with Gasteiger partial charge in [-0.3, -0.25) is 10.1 Å². The van der Waals surface area contributed by atoms with Crippen molar-refractivity contribution >= 4 is 27.6 Å². The van der Waals surface area contributed by atoms with E-state index in [1.54, 1.807) is 19.1 Å². The third-order valence-electron chi connectivity index (χ3n) is 3.52. The Balaban J connectivity index is 1.73. The van der Waals surface area contributed by atoms with Gasteiger partial charge in [0, 0.05) is 15.6 Å². The van der Waals surface area contributed by atoms with Crippen LogP contribution in [0.1, 0.15) is 21.8 Å². The molecule has 0 saturated carbocycles. The Bertz CT molecular complexity index is 986. The van der Waals surface area contributed by atoms with Gasteiger partial charge in [0.05, 0.1) is 4.92 Å². The number of rotatable bonds is 5. The van der Waals surface area contributed by atoms with Gasteiger partial charge >= 0.3 is 5.97 Å². The number of nitro groups is 1. The zero-order valence-corrected chi connectivity index (χ0v) is 15.1. The molecule has 0 unspecified atom stereocenters. The summed E-state index contributed by atoms with van der Waals surface area (Å²) < 4.78 is 11.0. The van der Waals surface area contributed by atoms with Gasteiger partial charge < -0.3 is 9.26 Å². The summed E-state index contributed by atoms with van der Waals surface area (Å²) in [5.41, 5.74) is 0.703. The van der Waals surface area contributed by atoms with Crippen LogP contribution in [0.2, 0.25) is 0 Å². The van der Waals surface area contributed by atoms with Gasteiger partial charge in [0.15, 0.2) is 6.61 Å². The van der Waals surface area contributed by atoms with E-state index >= 15 is 0 Å². The highest BCUT2D eigenvalue weighted by Gasteiger charge is 2.24. The second-order valence-corrected chi connectivity index (χ2v) is 6.24. The molecular formula is C17H12BrN3O5. The van der Waals surface area contributed by atoms with Crippen LogP contribution in [-0.4, -0.2) is 21.0 Å². The largest absolute Gasteiger partial charge is 0.452 e. The zero-order valence-electron chi connectivity index (χ0n) is 13.5. The van der Waals surface area contributed by atoms with Crippen molar-refractivity contribution in [2.24, 2.45) is 0 Å². The van der Waals surface area contributed by atoms with E-state index in [4.69, 9.17) is 9.26 Å². The molecule has 26 heavy (non-hydrogen) atoms. The third-order valence-corrected chi connectivity index (χ3v) is 4.01. The van der Waals surface area contributed by atoms with E-state index in [1.165, 1.54) is 6.07 Å². The van der Waals surface area contributed by atoms with Crippen molar-refractivity contribution in [3.63, 3.8) is 0 Å². The number of benzene rings is 2. The minimum atomic E-state index is -0.831. The summed E-state index contributed by atoms with van der Waals surface area (Å²) in [6.07, 6.45) is 0. The van der Waals surface area contributed by atoms with Crippen LogP contribution in [0.3, 0.4) is 0 Å². The molecule has 0 fully saturated rings. The van der Waals surface area contributed by atoms with Crippen LogP contribution in [0.25, 0.3) is 11.4 Å². The van der Waals surface area contributed by atoms with Crippen LogP contribution in [0.5, 0.6) is 0 Å². The number of hydrogen-bond donors (Lipinski definition) is 0. The monoisotopic (exact) mass is 417 g/mol. The summed E-state index contributed by atoms with van der Waals surface area (Å²) in [6.45, 7) is 1.27. The summed E-state index contributed by atoms with van der Waals surface area (Å²) in [5, 5.41) is 15.0. The highest BCUT2D eigenvalue weighted by Crippen LogP contribution is 2.24. The highest BCUT2D eigenvalue weighted by molar-refractivity contribution is 9.10. The first kappa shape index (κ1) is 17.7. The van der Waals surface area contributed by atoms with Crippen molar-refractivity contribution in [1.29, 1.82) is 0 Å². The number of esters is 1. The van der Waals surface area contributed by atoms with Crippen molar-refractivity contribution in [2.45, 2.75) is 13.5 Å². The maximum atomic E-state index is 12.2. The number of halogens is 1. The van der Waals surface area contributed by atoms with E-state index in [0.717, 1.165) is 10.0 Å². The topological polar surface area (TPSA) is 108 Å². The lowest BCUT2D eigenvalue weighted by atomic mass is 10.1. The van der Waals surface area contributed by atoms with E-state index in [2.05, 4.69) is 26.1 Å². The van der Waals surface area contributed by atoms with E-state index in [9.17, 15) is 14.9 Å². The molecule has 0 saturated heterocycles. The van der Waals surface area contributed by atoms with Gasteiger partial charge in [-0.2, -0.15) is 4.98 Å². The molecule has 0 aliphatic heterocycles. The average Bonchev–Trinajstić information content (AvgIpc) is 3.08. The van der Waals surface area contributed by atoms with Crippen LogP contribution >= 0.6 is 15.9 Å². The van der Waals surface area contributed by atoms with E-state index in [0.29, 0.717) is 11.4 Å². The van der Waals surface area contributed by atoms with Gasteiger partial charge in [-0.05, 0) is 25.1 Å². The number of aromatic nitrogens is 2. The van der Waals surface area contributed by atoms with Gasteiger partial charge in [-0.1, -0.05) is 45.4 Å². The molecular weight excluding hydrogens is 406 g/mol. The maximum Gasteiger partial charge on any atom is 0.345 e. The molecule has 132 valence electrons. The van der Waals surface area contributed by atoms with Crippen molar-refractivity contribution in [3.05, 3.63) is 74.1 Å². The lowest BCUT2D eigenvalue weighted by Crippen LogP contribution is -2.09. The van der Waals surface area contributed by atoms with E-state index in [1.807, 2.05) is 24.3 Å². The number of aryl methyl sites for hydroxylation is 1. The standard InChI is InChI=1S/C17H12BrN3O5/c1-10-4-2-7-13(15(10)21(23)24)17(22)25-9-14-19-16(20-26-14)11-5-3-6-12(18)8-11/h2-8H,9H2,1H3. The number of nitrogens with zero attached hydrogens (tertiary/aromatic N) is 3. The summed E-state index contributed by atoms with van der Waals surface area (Å²) in [7, 11) is 0. The molecule has 8 nitrogen and oxygen atoms in total. The number of carbonyl (C=O) groups excluding carboxylic acids is 1. The molecule has 0 bridgehead atoms. The predicted molar refractivity (Wildman–Crippen MR) is 94.4 cm³/mol. The molecule has 1 heterocycles. The number of carbonyl (C=O) groups is 1. The molecule has 0 spiro atoms. The summed E-state index contributed by atoms with van der Waals surface area (Å²) in [4.78, 5) is 26.9. The van der Waals surface area contributed by atoms with Gasteiger partial charge in [-0.25, -0.2) is 4.79 Å². The second-order valence-electron chi connectivity index (χ2n) is 5.33. The van der Waals surface area contributed by atoms with E-state index in [-0.39, 0.29) is 23.7 Å². The number of nitro benzene ring substituents is 1. The fourth-order valence-corrected chi connectivity index (χ4v) is 2.73. The quantitative estimate of drug-likeness (QED) is 0.349. The number of ether oxygens (including phenoxy) is 1. The molecule has 3 aromatic rings. The number of para-hydroxylation sites is 1. The molecule has 2 aromatic carbocycles. The molecule has 0 aliphatic carbocycles. The third kappa shape index (κ3) is 3.77. The minimum absolute atomic E-state index is 0.0867. The van der Waals surface area contributed by atoms with Crippen LogP contribution in [0.15, 0.2) is 51.5 Å². The van der Waals surface area contributed by atoms with Crippen molar-refractivity contribution in [2.75, 3.05) is 0 Å². The Hall–Kier alpha value is -3.07. The maximum absolute atomic E-state index is 12.2. The molecule has 0 radical (unpaired) electrons. The number of hydrogen-bond acceptors (Lipinski definition) is 7. The molecule has 0 aliphatic rings. The molecule has 9 heteroatoms. The van der Waals surface area contributed by atoms with Gasteiger partial charge in [0.1, 0.15) is 5.56 Å². The fourth-order valence-electron chi connectivity index (χ4n) is 2.33. The Morgan fingerprint density at radius 3 is 2.81 bits per heavy atom. The molecule has 0 atom stereocenters. The van der Waals surface area contributed by atoms with Crippen molar-refractivity contribution in [1.82, 2.24) is 10.1 Å². The Morgan fingerprint density at radius 2 is 2.08 bits per heavy atom. The average molecular weight is 418 g/mol. The Kier molecular flexibility index (Phi) is 5.08. The first-order valence-corrected chi connectivity index (χ1v) is 8.24. The molecule has 0 amide bonds. The Morgan fingerprint density at radius 1 is 1.31 bits per heavy atom. The van der Waals surface area contributed by atoms with Crippen LogP contribution < -0.4 is 0 Å². The smallest absolute Gasteiger partial charge is 0.345 e.